The molecule has 5 rings (SSSR count). The van der Waals surface area contributed by atoms with Gasteiger partial charge in [0.1, 0.15) is 17.0 Å². The molecule has 9 heteroatoms. The van der Waals surface area contributed by atoms with Crippen LogP contribution in [0.1, 0.15) is 38.2 Å². The number of nitrogens with zero attached hydrogens (tertiary/aromatic N) is 4. The summed E-state index contributed by atoms with van der Waals surface area (Å²) >= 11 is 1.39. The Hall–Kier alpha value is -2.52. The van der Waals surface area contributed by atoms with Gasteiger partial charge in [-0.15, -0.1) is 0 Å². The Kier molecular flexibility index (Phi) is 4.51. The van der Waals surface area contributed by atoms with Crippen LogP contribution >= 0.6 is 11.5 Å². The van der Waals surface area contributed by atoms with E-state index in [9.17, 15) is 4.79 Å². The van der Waals surface area contributed by atoms with Crippen LogP contribution in [0.3, 0.4) is 0 Å². The lowest BCUT2D eigenvalue weighted by Gasteiger charge is -2.35. The molecule has 0 spiro atoms. The molecule has 3 aromatic rings. The molecule has 0 unspecified atom stereocenters. The van der Waals surface area contributed by atoms with Crippen LogP contribution < -0.4 is 10.6 Å². The van der Waals surface area contributed by atoms with Crippen molar-refractivity contribution >= 4 is 33.5 Å². The number of rotatable bonds is 4. The number of ether oxygens (including phenoxy) is 1. The van der Waals surface area contributed by atoms with Crippen molar-refractivity contribution in [1.29, 1.82) is 0 Å². The quantitative estimate of drug-likeness (QED) is 0.682. The van der Waals surface area contributed by atoms with Crippen LogP contribution in [0.25, 0.3) is 21.6 Å². The number of pyridine rings is 1. The predicted octanol–water partition coefficient (Wildman–Crippen LogP) is 2.60. The fraction of sp³-hybridized carbons (Fsp3) is 0.500. The molecular weight excluding hydrogens is 388 g/mol. The molecule has 1 atom stereocenters. The molecule has 1 saturated carbocycles. The molecule has 2 aliphatic rings. The monoisotopic (exact) mass is 412 g/mol. The number of H-pyrrole nitrogens is 1. The third-order valence-electron chi connectivity index (χ3n) is 6.27. The maximum Gasteiger partial charge on any atom is 0.228 e. The van der Waals surface area contributed by atoms with Gasteiger partial charge in [0.15, 0.2) is 0 Å². The van der Waals surface area contributed by atoms with E-state index in [-0.39, 0.29) is 11.9 Å². The molecule has 0 radical (unpaired) electrons. The summed E-state index contributed by atoms with van der Waals surface area (Å²) in [5.74, 6) is 0.608. The van der Waals surface area contributed by atoms with Crippen LogP contribution in [0.4, 0.5) is 5.82 Å². The minimum Gasteiger partial charge on any atom is -0.377 e. The van der Waals surface area contributed by atoms with E-state index in [1.54, 1.807) is 6.20 Å². The SMILES string of the molecule is C[C@@H]1COCCN1c1cc(C2(C(N)=O)CCCC2)c2snc(-c3ccn[nH]3)c2n1. The number of nitrogens with two attached hydrogens (primary N) is 1. The molecular formula is C20H24N6O2S. The number of morpholine rings is 1. The molecule has 152 valence electrons. The van der Waals surface area contributed by atoms with Gasteiger partial charge >= 0.3 is 0 Å². The van der Waals surface area contributed by atoms with E-state index in [0.29, 0.717) is 13.2 Å². The highest BCUT2D eigenvalue weighted by Crippen LogP contribution is 2.46. The van der Waals surface area contributed by atoms with Gasteiger partial charge in [-0.2, -0.15) is 9.47 Å². The maximum absolute atomic E-state index is 12.7. The Labute approximate surface area is 172 Å². The van der Waals surface area contributed by atoms with Crippen molar-refractivity contribution in [2.24, 2.45) is 5.73 Å². The second kappa shape index (κ2) is 7.07. The fourth-order valence-electron chi connectivity index (χ4n) is 4.67. The number of anilines is 1. The number of aromatic nitrogens is 4. The number of carbonyl (C=O) groups is 1. The average molecular weight is 413 g/mol. The first-order valence-electron chi connectivity index (χ1n) is 10.0. The summed E-state index contributed by atoms with van der Waals surface area (Å²) in [4.78, 5) is 20.0. The first-order valence-corrected chi connectivity index (χ1v) is 10.8. The Morgan fingerprint density at radius 3 is 2.93 bits per heavy atom. The molecule has 3 aromatic heterocycles. The fourth-order valence-corrected chi connectivity index (χ4v) is 5.62. The number of amides is 1. The van der Waals surface area contributed by atoms with Crippen molar-refractivity contribution in [1.82, 2.24) is 19.6 Å². The van der Waals surface area contributed by atoms with E-state index < -0.39 is 5.41 Å². The van der Waals surface area contributed by atoms with Crippen LogP contribution in [0.2, 0.25) is 0 Å². The van der Waals surface area contributed by atoms with Gasteiger partial charge in [0.2, 0.25) is 5.91 Å². The molecule has 29 heavy (non-hydrogen) atoms. The lowest BCUT2D eigenvalue weighted by atomic mass is 9.78. The standard InChI is InChI=1S/C20H24N6O2S/c1-12-11-28-9-8-26(12)15-10-13(20(19(21)27)5-2-3-6-20)18-17(23-15)16(25-29-18)14-4-7-22-24-14/h4,7,10,12H,2-3,5-6,8-9,11H2,1H3,(H2,21,27)(H,22,24)/t12-/m1/s1. The number of nitrogens with one attached hydrogen (secondary N) is 1. The zero-order valence-electron chi connectivity index (χ0n) is 16.4. The van der Waals surface area contributed by atoms with Crippen LogP contribution in [0.15, 0.2) is 18.3 Å². The first-order chi connectivity index (χ1) is 14.1. The van der Waals surface area contributed by atoms with Gasteiger partial charge in [0.25, 0.3) is 0 Å². The Balaban J connectivity index is 1.76. The molecule has 1 amide bonds. The van der Waals surface area contributed by atoms with Crippen LogP contribution in [-0.2, 0) is 14.9 Å². The van der Waals surface area contributed by atoms with Crippen LogP contribution in [-0.4, -0.2) is 51.3 Å². The molecule has 1 saturated heterocycles. The van der Waals surface area contributed by atoms with Crippen molar-refractivity contribution in [2.45, 2.75) is 44.1 Å². The summed E-state index contributed by atoms with van der Waals surface area (Å²) in [6, 6.07) is 4.17. The highest BCUT2D eigenvalue weighted by atomic mass is 32.1. The van der Waals surface area contributed by atoms with Crippen molar-refractivity contribution in [3.8, 4) is 11.4 Å². The zero-order valence-corrected chi connectivity index (χ0v) is 17.2. The molecule has 8 nitrogen and oxygen atoms in total. The van der Waals surface area contributed by atoms with Crippen LogP contribution in [0, 0.1) is 0 Å². The van der Waals surface area contributed by atoms with Crippen molar-refractivity contribution in [3.63, 3.8) is 0 Å². The number of fused-ring (bicyclic) bond motifs is 1. The lowest BCUT2D eigenvalue weighted by Crippen LogP contribution is -2.44. The summed E-state index contributed by atoms with van der Waals surface area (Å²) in [5, 5.41) is 7.05. The third kappa shape index (κ3) is 2.91. The summed E-state index contributed by atoms with van der Waals surface area (Å²) < 4.78 is 11.2. The number of hydrogen-bond acceptors (Lipinski definition) is 7. The smallest absolute Gasteiger partial charge is 0.228 e. The van der Waals surface area contributed by atoms with E-state index in [1.807, 2.05) is 6.07 Å². The minimum absolute atomic E-state index is 0.205. The Morgan fingerprint density at radius 2 is 2.24 bits per heavy atom. The van der Waals surface area contributed by atoms with E-state index in [2.05, 4.69) is 32.5 Å². The normalized spacial score (nSPS) is 21.7. The zero-order chi connectivity index (χ0) is 20.0. The van der Waals surface area contributed by atoms with Crippen LogP contribution in [0.5, 0.6) is 0 Å². The summed E-state index contributed by atoms with van der Waals surface area (Å²) in [6.07, 6.45) is 5.26. The Morgan fingerprint density at radius 1 is 1.41 bits per heavy atom. The van der Waals surface area contributed by atoms with Gasteiger partial charge in [0, 0.05) is 12.7 Å². The van der Waals surface area contributed by atoms with Gasteiger partial charge in [-0.3, -0.25) is 9.89 Å². The second-order valence-electron chi connectivity index (χ2n) is 7.98. The van der Waals surface area contributed by atoms with E-state index in [0.717, 1.165) is 65.2 Å². The molecule has 1 aliphatic heterocycles. The van der Waals surface area contributed by atoms with Crippen molar-refractivity contribution < 1.29 is 9.53 Å². The molecule has 3 N–H and O–H groups in total. The summed E-state index contributed by atoms with van der Waals surface area (Å²) in [7, 11) is 0. The highest BCUT2D eigenvalue weighted by Gasteiger charge is 2.43. The van der Waals surface area contributed by atoms with Crippen molar-refractivity contribution in [3.05, 3.63) is 23.9 Å². The molecule has 2 fully saturated rings. The lowest BCUT2D eigenvalue weighted by molar-refractivity contribution is -0.123. The number of carbonyl (C=O) groups excluding carboxylic acids is 1. The van der Waals surface area contributed by atoms with E-state index in [4.69, 9.17) is 15.5 Å². The molecule has 1 aliphatic carbocycles. The maximum atomic E-state index is 12.7. The molecule has 0 aromatic carbocycles. The highest BCUT2D eigenvalue weighted by molar-refractivity contribution is 7.13. The third-order valence-corrected chi connectivity index (χ3v) is 7.14. The predicted molar refractivity (Wildman–Crippen MR) is 112 cm³/mol. The van der Waals surface area contributed by atoms with Gasteiger partial charge in [-0.05, 0) is 49.0 Å². The van der Waals surface area contributed by atoms with E-state index in [1.165, 1.54) is 11.5 Å². The number of primary amides is 1. The number of hydrogen-bond donors (Lipinski definition) is 2. The largest absolute Gasteiger partial charge is 0.377 e. The first kappa shape index (κ1) is 18.5. The number of aromatic amines is 1. The van der Waals surface area contributed by atoms with Gasteiger partial charge in [-0.25, -0.2) is 4.98 Å². The summed E-state index contributed by atoms with van der Waals surface area (Å²) in [6.45, 7) is 4.21. The Bertz CT molecular complexity index is 1040. The van der Waals surface area contributed by atoms with E-state index >= 15 is 0 Å². The summed E-state index contributed by atoms with van der Waals surface area (Å²) in [5.41, 5.74) is 8.71. The second-order valence-corrected chi connectivity index (χ2v) is 8.75. The van der Waals surface area contributed by atoms with Crippen molar-refractivity contribution in [2.75, 3.05) is 24.7 Å². The molecule has 4 heterocycles. The topological polar surface area (TPSA) is 110 Å². The molecule has 0 bridgehead atoms. The van der Waals surface area contributed by atoms with Gasteiger partial charge in [-0.1, -0.05) is 12.8 Å². The minimum atomic E-state index is -0.650. The average Bonchev–Trinajstić information content (AvgIpc) is 3.47. The van der Waals surface area contributed by atoms with Gasteiger partial charge < -0.3 is 15.4 Å². The van der Waals surface area contributed by atoms with Gasteiger partial charge in [0.05, 0.1) is 35.1 Å².